The van der Waals surface area contributed by atoms with E-state index in [4.69, 9.17) is 4.74 Å². The van der Waals surface area contributed by atoms with Crippen molar-refractivity contribution in [2.24, 2.45) is 0 Å². The van der Waals surface area contributed by atoms with Crippen LogP contribution in [0.4, 0.5) is 4.39 Å². The van der Waals surface area contributed by atoms with Gasteiger partial charge in [0.25, 0.3) is 10.2 Å². The fraction of sp³-hybridized carbons (Fsp3) is 0.588. The van der Waals surface area contributed by atoms with E-state index in [1.54, 1.807) is 18.5 Å². The van der Waals surface area contributed by atoms with Crippen molar-refractivity contribution in [2.75, 3.05) is 26.3 Å². The molecule has 28 heavy (non-hydrogen) atoms. The topological polar surface area (TPSA) is 113 Å². The van der Waals surface area contributed by atoms with Crippen molar-refractivity contribution in [3.63, 3.8) is 0 Å². The Kier molecular flexibility index (Phi) is 5.67. The Balaban J connectivity index is 1.38. The van der Waals surface area contributed by atoms with Crippen LogP contribution in [0.3, 0.4) is 0 Å². The lowest BCUT2D eigenvalue weighted by Crippen LogP contribution is -2.50. The zero-order chi connectivity index (χ0) is 19.6. The first kappa shape index (κ1) is 19.4. The zero-order valence-corrected chi connectivity index (χ0v) is 16.2. The Morgan fingerprint density at radius 3 is 2.50 bits per heavy atom. The molecule has 11 heteroatoms. The Labute approximate surface area is 162 Å². The molecular formula is C17H23FN6O3S. The monoisotopic (exact) mass is 410 g/mol. The molecule has 2 aromatic rings. The third-order valence-corrected chi connectivity index (χ3v) is 6.95. The molecule has 2 fully saturated rings. The van der Waals surface area contributed by atoms with Crippen LogP contribution in [-0.2, 0) is 14.9 Å². The zero-order valence-electron chi connectivity index (χ0n) is 15.3. The van der Waals surface area contributed by atoms with Crippen LogP contribution in [0.2, 0.25) is 0 Å². The van der Waals surface area contributed by atoms with E-state index in [0.29, 0.717) is 57.7 Å². The van der Waals surface area contributed by atoms with Gasteiger partial charge in [-0.3, -0.25) is 5.10 Å². The summed E-state index contributed by atoms with van der Waals surface area (Å²) in [7, 11) is -3.51. The lowest BCUT2D eigenvalue weighted by atomic mass is 9.84. The van der Waals surface area contributed by atoms with Gasteiger partial charge in [0.05, 0.1) is 18.9 Å². The van der Waals surface area contributed by atoms with Gasteiger partial charge in [0.15, 0.2) is 17.3 Å². The molecule has 1 saturated heterocycles. The molecule has 3 heterocycles. The molecular weight excluding hydrogens is 387 g/mol. The second kappa shape index (κ2) is 8.19. The summed E-state index contributed by atoms with van der Waals surface area (Å²) in [5, 5.41) is 6.84. The minimum Gasteiger partial charge on any atom is -0.379 e. The molecule has 9 nitrogen and oxygen atoms in total. The van der Waals surface area contributed by atoms with Crippen molar-refractivity contribution in [2.45, 2.75) is 37.6 Å². The van der Waals surface area contributed by atoms with Gasteiger partial charge < -0.3 is 4.74 Å². The van der Waals surface area contributed by atoms with Crippen LogP contribution in [-0.4, -0.2) is 65.2 Å². The van der Waals surface area contributed by atoms with Crippen molar-refractivity contribution in [1.29, 1.82) is 0 Å². The summed E-state index contributed by atoms with van der Waals surface area (Å²) in [6.07, 6.45) is 5.71. The summed E-state index contributed by atoms with van der Waals surface area (Å²) in [6, 6.07) is 1.51. The van der Waals surface area contributed by atoms with Gasteiger partial charge in [0, 0.05) is 37.4 Å². The van der Waals surface area contributed by atoms with Crippen LogP contribution >= 0.6 is 0 Å². The maximum absolute atomic E-state index is 14.8. The molecule has 0 radical (unpaired) electrons. The first-order chi connectivity index (χ1) is 13.5. The Hall–Kier alpha value is -1.95. The number of nitrogens with zero attached hydrogens (tertiary/aromatic N) is 4. The number of aromatic amines is 1. The standard InChI is InChI=1S/C17H23FN6O3S/c18-14-15(21-22-16(14)17-19-6-1-7-20-17)12-2-4-13(5-3-12)23-28(25,26)24-8-10-27-11-9-24/h1,6-7,12-13,23H,2-5,8-11H2,(H,21,22). The third kappa shape index (κ3) is 4.07. The summed E-state index contributed by atoms with van der Waals surface area (Å²) >= 11 is 0. The highest BCUT2D eigenvalue weighted by Crippen LogP contribution is 2.35. The normalized spacial score (nSPS) is 24.3. The van der Waals surface area contributed by atoms with Crippen molar-refractivity contribution in [1.82, 2.24) is 29.2 Å². The van der Waals surface area contributed by atoms with Crippen LogP contribution in [0.15, 0.2) is 18.5 Å². The van der Waals surface area contributed by atoms with Crippen LogP contribution < -0.4 is 4.72 Å². The molecule has 2 aromatic heterocycles. The molecule has 0 unspecified atom stereocenters. The molecule has 0 bridgehead atoms. The number of morpholine rings is 1. The molecule has 0 atom stereocenters. The minimum atomic E-state index is -3.51. The number of halogens is 1. The number of H-pyrrole nitrogens is 1. The molecule has 0 amide bonds. The van der Waals surface area contributed by atoms with Crippen molar-refractivity contribution in [3.05, 3.63) is 30.0 Å². The van der Waals surface area contributed by atoms with Gasteiger partial charge >= 0.3 is 0 Å². The maximum Gasteiger partial charge on any atom is 0.279 e. The highest BCUT2D eigenvalue weighted by atomic mass is 32.2. The number of hydrogen-bond acceptors (Lipinski definition) is 6. The van der Waals surface area contributed by atoms with Gasteiger partial charge in [0.2, 0.25) is 0 Å². The maximum atomic E-state index is 14.8. The van der Waals surface area contributed by atoms with Gasteiger partial charge in [-0.1, -0.05) is 0 Å². The SMILES string of the molecule is O=S(=O)(NC1CCC(c2[nH]nc(-c3ncccn3)c2F)CC1)N1CCOCC1. The molecule has 4 rings (SSSR count). The van der Waals surface area contributed by atoms with E-state index in [-0.39, 0.29) is 23.5 Å². The van der Waals surface area contributed by atoms with Gasteiger partial charge in [-0.15, -0.1) is 0 Å². The number of hydrogen-bond donors (Lipinski definition) is 2. The lowest BCUT2D eigenvalue weighted by Gasteiger charge is -2.32. The van der Waals surface area contributed by atoms with Gasteiger partial charge in [-0.25, -0.2) is 14.4 Å². The molecule has 1 saturated carbocycles. The second-order valence-corrected chi connectivity index (χ2v) is 8.76. The highest BCUT2D eigenvalue weighted by molar-refractivity contribution is 7.87. The van der Waals surface area contributed by atoms with Crippen molar-refractivity contribution >= 4 is 10.2 Å². The van der Waals surface area contributed by atoms with E-state index in [1.807, 2.05) is 0 Å². The number of nitrogens with one attached hydrogen (secondary N) is 2. The van der Waals surface area contributed by atoms with Crippen LogP contribution in [0, 0.1) is 5.82 Å². The van der Waals surface area contributed by atoms with E-state index in [9.17, 15) is 12.8 Å². The average Bonchev–Trinajstić information content (AvgIpc) is 3.11. The predicted molar refractivity (Wildman–Crippen MR) is 99.0 cm³/mol. The quantitative estimate of drug-likeness (QED) is 0.766. The molecule has 152 valence electrons. The summed E-state index contributed by atoms with van der Waals surface area (Å²) in [4.78, 5) is 8.08. The summed E-state index contributed by atoms with van der Waals surface area (Å²) in [5.74, 6) is -0.216. The number of rotatable bonds is 5. The Morgan fingerprint density at radius 2 is 1.82 bits per heavy atom. The lowest BCUT2D eigenvalue weighted by molar-refractivity contribution is 0.0722. The Bertz CT molecular complexity index is 893. The first-order valence-corrected chi connectivity index (χ1v) is 10.8. The molecule has 2 aliphatic rings. The van der Waals surface area contributed by atoms with Crippen molar-refractivity contribution in [3.8, 4) is 11.5 Å². The van der Waals surface area contributed by atoms with Crippen LogP contribution in [0.1, 0.15) is 37.3 Å². The van der Waals surface area contributed by atoms with Gasteiger partial charge in [-0.05, 0) is 31.7 Å². The van der Waals surface area contributed by atoms with Crippen LogP contribution in [0.25, 0.3) is 11.5 Å². The molecule has 0 spiro atoms. The fourth-order valence-corrected chi connectivity index (χ4v) is 5.19. The highest BCUT2D eigenvalue weighted by Gasteiger charge is 2.32. The molecule has 0 aromatic carbocycles. The van der Waals surface area contributed by atoms with Crippen molar-refractivity contribution < 1.29 is 17.5 Å². The summed E-state index contributed by atoms with van der Waals surface area (Å²) < 4.78 is 49.2. The van der Waals surface area contributed by atoms with E-state index in [2.05, 4.69) is 24.9 Å². The molecule has 2 N–H and O–H groups in total. The largest absolute Gasteiger partial charge is 0.379 e. The first-order valence-electron chi connectivity index (χ1n) is 9.41. The van der Waals surface area contributed by atoms with E-state index < -0.39 is 16.0 Å². The smallest absolute Gasteiger partial charge is 0.279 e. The Morgan fingerprint density at radius 1 is 1.14 bits per heavy atom. The third-order valence-electron chi connectivity index (χ3n) is 5.27. The number of aromatic nitrogens is 4. The van der Waals surface area contributed by atoms with Gasteiger partial charge in [0.1, 0.15) is 0 Å². The van der Waals surface area contributed by atoms with Gasteiger partial charge in [-0.2, -0.15) is 22.5 Å². The van der Waals surface area contributed by atoms with E-state index in [1.165, 1.54) is 4.31 Å². The summed E-state index contributed by atoms with van der Waals surface area (Å²) in [6.45, 7) is 1.57. The second-order valence-electron chi connectivity index (χ2n) is 7.06. The van der Waals surface area contributed by atoms with E-state index in [0.717, 1.165) is 0 Å². The average molecular weight is 410 g/mol. The summed E-state index contributed by atoms with van der Waals surface area (Å²) in [5.41, 5.74) is 0.558. The molecule has 1 aliphatic heterocycles. The van der Waals surface area contributed by atoms with Crippen LogP contribution in [0.5, 0.6) is 0 Å². The fourth-order valence-electron chi connectivity index (χ4n) is 3.75. The minimum absolute atomic E-state index is 0.0332. The van der Waals surface area contributed by atoms with E-state index >= 15 is 0 Å². The molecule has 1 aliphatic carbocycles. The number of ether oxygens (including phenoxy) is 1. The predicted octanol–water partition coefficient (Wildman–Crippen LogP) is 1.20.